The number of benzene rings is 3. The Bertz CT molecular complexity index is 1330. The molecule has 10 heteroatoms. The highest BCUT2D eigenvalue weighted by Gasteiger charge is 2.15. The zero-order valence-electron chi connectivity index (χ0n) is 19.5. The first-order valence-corrected chi connectivity index (χ1v) is 11.1. The number of amides is 1. The molecule has 0 spiro atoms. The van der Waals surface area contributed by atoms with Gasteiger partial charge in [-0.25, -0.2) is 4.68 Å². The molecule has 9 nitrogen and oxygen atoms in total. The number of nitrogens with one attached hydrogen (secondary N) is 1. The summed E-state index contributed by atoms with van der Waals surface area (Å²) in [6.45, 7) is 0.430. The van der Waals surface area contributed by atoms with Gasteiger partial charge in [0.1, 0.15) is 12.1 Å². The molecule has 4 rings (SSSR count). The summed E-state index contributed by atoms with van der Waals surface area (Å²) in [7, 11) is 4.77. The maximum absolute atomic E-state index is 13.1. The van der Waals surface area contributed by atoms with Crippen molar-refractivity contribution in [2.24, 2.45) is 0 Å². The van der Waals surface area contributed by atoms with Crippen LogP contribution < -0.4 is 19.5 Å². The van der Waals surface area contributed by atoms with Gasteiger partial charge in [0, 0.05) is 22.7 Å². The van der Waals surface area contributed by atoms with Crippen molar-refractivity contribution >= 4 is 17.5 Å². The second kappa shape index (κ2) is 10.9. The van der Waals surface area contributed by atoms with E-state index < -0.39 is 0 Å². The number of hydrogen-bond donors (Lipinski definition) is 1. The van der Waals surface area contributed by atoms with E-state index in [-0.39, 0.29) is 5.91 Å². The fourth-order valence-corrected chi connectivity index (χ4v) is 3.85. The molecule has 0 aliphatic heterocycles. The highest BCUT2D eigenvalue weighted by Crippen LogP contribution is 2.34. The Labute approximate surface area is 207 Å². The molecule has 0 radical (unpaired) electrons. The van der Waals surface area contributed by atoms with Gasteiger partial charge in [-0.3, -0.25) is 4.79 Å². The SMILES string of the molecule is COc1ccc(CCNC(=O)c2cc(-c3cc(Cl)ccc3OC)cc(-n3cnnn3)c2)cc1OC. The van der Waals surface area contributed by atoms with Crippen LogP contribution in [0.5, 0.6) is 17.2 Å². The van der Waals surface area contributed by atoms with Crippen LogP contribution in [0.3, 0.4) is 0 Å². The summed E-state index contributed by atoms with van der Waals surface area (Å²) in [4.78, 5) is 13.1. The Morgan fingerprint density at radius 2 is 1.71 bits per heavy atom. The van der Waals surface area contributed by atoms with Crippen LogP contribution in [0.4, 0.5) is 0 Å². The molecular formula is C25H24ClN5O4. The van der Waals surface area contributed by atoms with E-state index in [4.69, 9.17) is 25.8 Å². The normalized spacial score (nSPS) is 10.6. The third-order valence-electron chi connectivity index (χ3n) is 5.41. The average Bonchev–Trinajstić information content (AvgIpc) is 3.43. The second-order valence-corrected chi connectivity index (χ2v) is 8.00. The largest absolute Gasteiger partial charge is 0.496 e. The molecule has 1 N–H and O–H groups in total. The molecule has 0 saturated heterocycles. The first-order chi connectivity index (χ1) is 17.0. The van der Waals surface area contributed by atoms with Crippen molar-refractivity contribution in [3.8, 4) is 34.1 Å². The molecule has 35 heavy (non-hydrogen) atoms. The molecule has 0 fully saturated rings. The number of aromatic nitrogens is 4. The van der Waals surface area contributed by atoms with Gasteiger partial charge in [0.05, 0.1) is 27.0 Å². The van der Waals surface area contributed by atoms with Gasteiger partial charge in [0.25, 0.3) is 5.91 Å². The van der Waals surface area contributed by atoms with E-state index in [1.165, 1.54) is 11.0 Å². The standard InChI is InChI=1S/C25H24ClN5O4/c1-33-22-7-5-19(26)14-21(22)17-11-18(13-20(12-17)31-15-28-29-30-31)25(32)27-9-8-16-4-6-23(34-2)24(10-16)35-3/h4-7,10-15H,8-9H2,1-3H3,(H,27,32). The highest BCUT2D eigenvalue weighted by molar-refractivity contribution is 6.31. The van der Waals surface area contributed by atoms with Crippen molar-refractivity contribution in [2.45, 2.75) is 6.42 Å². The number of nitrogens with zero attached hydrogens (tertiary/aromatic N) is 4. The lowest BCUT2D eigenvalue weighted by Gasteiger charge is -2.13. The molecule has 4 aromatic rings. The maximum Gasteiger partial charge on any atom is 0.251 e. The van der Waals surface area contributed by atoms with E-state index in [1.807, 2.05) is 24.3 Å². The van der Waals surface area contributed by atoms with Crippen LogP contribution in [0.1, 0.15) is 15.9 Å². The van der Waals surface area contributed by atoms with E-state index in [9.17, 15) is 4.79 Å². The van der Waals surface area contributed by atoms with E-state index in [1.54, 1.807) is 51.7 Å². The first-order valence-electron chi connectivity index (χ1n) is 10.7. The monoisotopic (exact) mass is 493 g/mol. The van der Waals surface area contributed by atoms with Crippen molar-refractivity contribution in [1.82, 2.24) is 25.5 Å². The molecule has 0 saturated carbocycles. The summed E-state index contributed by atoms with van der Waals surface area (Å²) >= 11 is 6.24. The van der Waals surface area contributed by atoms with Crippen molar-refractivity contribution in [1.29, 1.82) is 0 Å². The molecule has 1 heterocycles. The van der Waals surface area contributed by atoms with Crippen molar-refractivity contribution in [2.75, 3.05) is 27.9 Å². The van der Waals surface area contributed by atoms with Crippen LogP contribution in [0.15, 0.2) is 60.9 Å². The number of hydrogen-bond acceptors (Lipinski definition) is 7. The van der Waals surface area contributed by atoms with Gasteiger partial charge >= 0.3 is 0 Å². The zero-order valence-corrected chi connectivity index (χ0v) is 20.2. The summed E-state index contributed by atoms with van der Waals surface area (Å²) in [5, 5.41) is 14.9. The van der Waals surface area contributed by atoms with Crippen LogP contribution in [-0.4, -0.2) is 54.0 Å². The number of carbonyl (C=O) groups excluding carboxylic acids is 1. The number of tetrazole rings is 1. The van der Waals surface area contributed by atoms with Gasteiger partial charge in [-0.05, 0) is 76.5 Å². The summed E-state index contributed by atoms with van der Waals surface area (Å²) in [6.07, 6.45) is 2.08. The van der Waals surface area contributed by atoms with E-state index in [0.717, 1.165) is 16.7 Å². The summed E-state index contributed by atoms with van der Waals surface area (Å²) in [6, 6.07) is 16.4. The minimum atomic E-state index is -0.234. The van der Waals surface area contributed by atoms with Crippen LogP contribution in [0.25, 0.3) is 16.8 Å². The summed E-state index contributed by atoms with van der Waals surface area (Å²) in [5.41, 5.74) is 3.56. The minimum absolute atomic E-state index is 0.234. The van der Waals surface area contributed by atoms with Gasteiger partial charge in [0.15, 0.2) is 11.5 Å². The lowest BCUT2D eigenvalue weighted by molar-refractivity contribution is 0.0954. The van der Waals surface area contributed by atoms with Crippen LogP contribution >= 0.6 is 11.6 Å². The topological polar surface area (TPSA) is 100 Å². The number of halogens is 1. The molecule has 1 amide bonds. The Morgan fingerprint density at radius 3 is 2.43 bits per heavy atom. The highest BCUT2D eigenvalue weighted by atomic mass is 35.5. The Morgan fingerprint density at radius 1 is 0.943 bits per heavy atom. The van der Waals surface area contributed by atoms with Crippen LogP contribution in [-0.2, 0) is 6.42 Å². The fraction of sp³-hybridized carbons (Fsp3) is 0.200. The third kappa shape index (κ3) is 5.52. The fourth-order valence-electron chi connectivity index (χ4n) is 3.67. The minimum Gasteiger partial charge on any atom is -0.496 e. The van der Waals surface area contributed by atoms with E-state index in [2.05, 4.69) is 20.8 Å². The predicted octanol–water partition coefficient (Wildman–Crippen LogP) is 3.98. The number of ether oxygens (including phenoxy) is 3. The van der Waals surface area contributed by atoms with Crippen LogP contribution in [0.2, 0.25) is 5.02 Å². The Balaban J connectivity index is 1.59. The van der Waals surface area contributed by atoms with Gasteiger partial charge in [0.2, 0.25) is 0 Å². The Kier molecular flexibility index (Phi) is 7.47. The summed E-state index contributed by atoms with van der Waals surface area (Å²) < 4.78 is 17.6. The van der Waals surface area contributed by atoms with Gasteiger partial charge in [-0.1, -0.05) is 17.7 Å². The molecule has 0 atom stereocenters. The quantitative estimate of drug-likeness (QED) is 0.376. The molecular weight excluding hydrogens is 470 g/mol. The molecule has 180 valence electrons. The zero-order chi connectivity index (χ0) is 24.8. The summed E-state index contributed by atoms with van der Waals surface area (Å²) in [5.74, 6) is 1.69. The number of methoxy groups -OCH3 is 3. The molecule has 1 aromatic heterocycles. The van der Waals surface area contributed by atoms with Crippen molar-refractivity contribution in [3.63, 3.8) is 0 Å². The first kappa shape index (κ1) is 24.0. The number of rotatable bonds is 9. The smallest absolute Gasteiger partial charge is 0.251 e. The van der Waals surface area contributed by atoms with Crippen molar-refractivity contribution in [3.05, 3.63) is 77.1 Å². The van der Waals surface area contributed by atoms with Gasteiger partial charge < -0.3 is 19.5 Å². The molecule has 0 unspecified atom stereocenters. The third-order valence-corrected chi connectivity index (χ3v) is 5.65. The van der Waals surface area contributed by atoms with E-state index >= 15 is 0 Å². The molecule has 0 aliphatic carbocycles. The predicted molar refractivity (Wildman–Crippen MR) is 132 cm³/mol. The Hall–Kier alpha value is -4.11. The average molecular weight is 494 g/mol. The van der Waals surface area contributed by atoms with Gasteiger partial charge in [-0.15, -0.1) is 5.10 Å². The maximum atomic E-state index is 13.1. The van der Waals surface area contributed by atoms with E-state index in [0.29, 0.717) is 46.5 Å². The molecule has 3 aromatic carbocycles. The molecule has 0 bridgehead atoms. The van der Waals surface area contributed by atoms with Crippen LogP contribution in [0, 0.1) is 0 Å². The van der Waals surface area contributed by atoms with Gasteiger partial charge in [-0.2, -0.15) is 0 Å². The lowest BCUT2D eigenvalue weighted by Crippen LogP contribution is -2.26. The molecule has 0 aliphatic rings. The van der Waals surface area contributed by atoms with Crippen molar-refractivity contribution < 1.29 is 19.0 Å². The lowest BCUT2D eigenvalue weighted by atomic mass is 10.0. The second-order valence-electron chi connectivity index (χ2n) is 7.56. The number of carbonyl (C=O) groups is 1.